The van der Waals surface area contributed by atoms with Crippen LogP contribution in [-0.4, -0.2) is 16.1 Å². The second-order valence-electron chi connectivity index (χ2n) is 6.70. The monoisotopic (exact) mass is 368 g/mol. The van der Waals surface area contributed by atoms with Crippen molar-refractivity contribution in [3.05, 3.63) is 89.6 Å². The maximum Gasteiger partial charge on any atom is 0.255 e. The van der Waals surface area contributed by atoms with Crippen LogP contribution < -0.4 is 10.6 Å². The number of benzene rings is 3. The number of carbonyl (C=O) groups excluding carboxylic acids is 1. The molecule has 1 amide bonds. The Bertz CT molecular complexity index is 1140. The van der Waals surface area contributed by atoms with Crippen LogP contribution in [0.1, 0.15) is 21.6 Å². The first kappa shape index (κ1) is 17.7. The standard InChI is InChI=1S/C23H20N4O/c1-15-7-11-19(12-8-15)25-23(28)17-9-13-18(14-10-17)24-22-21-6-4-3-5-20(21)16(2)26-27-22/h3-14H,1-2H3,(H,24,27)(H,25,28). The van der Waals surface area contributed by atoms with Crippen molar-refractivity contribution >= 4 is 33.9 Å². The number of hydrogen-bond donors (Lipinski definition) is 2. The molecule has 0 aliphatic carbocycles. The van der Waals surface area contributed by atoms with Crippen molar-refractivity contribution in [1.82, 2.24) is 10.2 Å². The smallest absolute Gasteiger partial charge is 0.255 e. The van der Waals surface area contributed by atoms with Crippen LogP contribution in [0.15, 0.2) is 72.8 Å². The number of aryl methyl sites for hydroxylation is 2. The number of amides is 1. The Morgan fingerprint density at radius 3 is 2.11 bits per heavy atom. The summed E-state index contributed by atoms with van der Waals surface area (Å²) >= 11 is 0. The van der Waals surface area contributed by atoms with Gasteiger partial charge < -0.3 is 10.6 Å². The van der Waals surface area contributed by atoms with Crippen LogP contribution >= 0.6 is 0 Å². The fourth-order valence-electron chi connectivity index (χ4n) is 3.01. The lowest BCUT2D eigenvalue weighted by molar-refractivity contribution is 0.102. The van der Waals surface area contributed by atoms with Gasteiger partial charge in [0.25, 0.3) is 5.91 Å². The van der Waals surface area contributed by atoms with Gasteiger partial charge in [-0.25, -0.2) is 0 Å². The summed E-state index contributed by atoms with van der Waals surface area (Å²) in [7, 11) is 0. The number of nitrogens with one attached hydrogen (secondary N) is 2. The highest BCUT2D eigenvalue weighted by molar-refractivity contribution is 6.04. The van der Waals surface area contributed by atoms with E-state index in [0.717, 1.165) is 33.4 Å². The third-order valence-electron chi connectivity index (χ3n) is 4.59. The van der Waals surface area contributed by atoms with E-state index in [2.05, 4.69) is 20.8 Å². The van der Waals surface area contributed by atoms with Gasteiger partial charge in [-0.2, -0.15) is 5.10 Å². The van der Waals surface area contributed by atoms with E-state index in [1.807, 2.05) is 74.5 Å². The summed E-state index contributed by atoms with van der Waals surface area (Å²) in [5, 5.41) is 16.8. The molecule has 4 rings (SSSR count). The molecule has 0 aliphatic heterocycles. The fourth-order valence-corrected chi connectivity index (χ4v) is 3.01. The minimum atomic E-state index is -0.143. The molecule has 1 aromatic heterocycles. The fraction of sp³-hybridized carbons (Fsp3) is 0.0870. The molecule has 0 aliphatic rings. The zero-order valence-corrected chi connectivity index (χ0v) is 15.7. The van der Waals surface area contributed by atoms with E-state index >= 15 is 0 Å². The molecule has 0 fully saturated rings. The lowest BCUT2D eigenvalue weighted by Gasteiger charge is -2.10. The second kappa shape index (κ2) is 7.48. The average Bonchev–Trinajstić information content (AvgIpc) is 2.72. The van der Waals surface area contributed by atoms with Gasteiger partial charge in [0, 0.05) is 27.7 Å². The van der Waals surface area contributed by atoms with Crippen LogP contribution in [0.4, 0.5) is 17.2 Å². The number of fused-ring (bicyclic) bond motifs is 1. The summed E-state index contributed by atoms with van der Waals surface area (Å²) in [6.07, 6.45) is 0. The molecule has 2 N–H and O–H groups in total. The molecule has 0 unspecified atom stereocenters. The number of carbonyl (C=O) groups is 1. The van der Waals surface area contributed by atoms with Gasteiger partial charge in [-0.05, 0) is 50.2 Å². The van der Waals surface area contributed by atoms with Crippen LogP contribution in [0.2, 0.25) is 0 Å². The van der Waals surface area contributed by atoms with Crippen LogP contribution in [0, 0.1) is 13.8 Å². The van der Waals surface area contributed by atoms with E-state index in [9.17, 15) is 4.79 Å². The summed E-state index contributed by atoms with van der Waals surface area (Å²) in [6, 6.07) is 23.0. The van der Waals surface area contributed by atoms with Gasteiger partial charge in [0.15, 0.2) is 5.82 Å². The largest absolute Gasteiger partial charge is 0.338 e. The van der Waals surface area contributed by atoms with Gasteiger partial charge in [0.05, 0.1) is 5.69 Å². The maximum atomic E-state index is 12.4. The number of nitrogens with zero attached hydrogens (tertiary/aromatic N) is 2. The zero-order valence-electron chi connectivity index (χ0n) is 15.7. The molecule has 0 saturated heterocycles. The first-order chi connectivity index (χ1) is 13.6. The van der Waals surface area contributed by atoms with Crippen LogP contribution in [0.5, 0.6) is 0 Å². The zero-order chi connectivity index (χ0) is 19.5. The first-order valence-corrected chi connectivity index (χ1v) is 9.07. The average molecular weight is 368 g/mol. The Kier molecular flexibility index (Phi) is 4.72. The molecule has 0 spiro atoms. The van der Waals surface area contributed by atoms with E-state index in [4.69, 9.17) is 0 Å². The van der Waals surface area contributed by atoms with Crippen LogP contribution in [0.3, 0.4) is 0 Å². The molecular weight excluding hydrogens is 348 g/mol. The molecule has 0 atom stereocenters. The second-order valence-corrected chi connectivity index (χ2v) is 6.70. The van der Waals surface area contributed by atoms with Gasteiger partial charge in [-0.3, -0.25) is 4.79 Å². The predicted molar refractivity (Wildman–Crippen MR) is 113 cm³/mol. The highest BCUT2D eigenvalue weighted by Crippen LogP contribution is 2.25. The van der Waals surface area contributed by atoms with Gasteiger partial charge in [0.2, 0.25) is 0 Å². The van der Waals surface area contributed by atoms with Gasteiger partial charge in [0.1, 0.15) is 0 Å². The molecule has 0 radical (unpaired) electrons. The van der Waals surface area contributed by atoms with E-state index in [-0.39, 0.29) is 5.91 Å². The molecule has 3 aromatic carbocycles. The summed E-state index contributed by atoms with van der Waals surface area (Å²) in [5.74, 6) is 0.550. The lowest BCUT2D eigenvalue weighted by Crippen LogP contribution is -2.11. The van der Waals surface area contributed by atoms with Crippen molar-refractivity contribution in [2.75, 3.05) is 10.6 Å². The Morgan fingerprint density at radius 2 is 1.39 bits per heavy atom. The van der Waals surface area contributed by atoms with Crippen LogP contribution in [-0.2, 0) is 0 Å². The Labute approximate surface area is 163 Å². The SMILES string of the molecule is Cc1ccc(NC(=O)c2ccc(Nc3nnc(C)c4ccccc34)cc2)cc1. The number of aromatic nitrogens is 2. The molecule has 28 heavy (non-hydrogen) atoms. The quantitative estimate of drug-likeness (QED) is 0.517. The van der Waals surface area contributed by atoms with E-state index in [1.54, 1.807) is 12.1 Å². The Balaban J connectivity index is 1.52. The van der Waals surface area contributed by atoms with E-state index in [0.29, 0.717) is 11.4 Å². The minimum absolute atomic E-state index is 0.143. The highest BCUT2D eigenvalue weighted by atomic mass is 16.1. The Hall–Kier alpha value is -3.73. The molecule has 1 heterocycles. The highest BCUT2D eigenvalue weighted by Gasteiger charge is 2.09. The van der Waals surface area contributed by atoms with Gasteiger partial charge >= 0.3 is 0 Å². The summed E-state index contributed by atoms with van der Waals surface area (Å²) in [4.78, 5) is 12.4. The Morgan fingerprint density at radius 1 is 0.750 bits per heavy atom. The predicted octanol–water partition coefficient (Wildman–Crippen LogP) is 5.24. The molecule has 5 heteroatoms. The minimum Gasteiger partial charge on any atom is -0.338 e. The molecule has 0 bridgehead atoms. The summed E-state index contributed by atoms with van der Waals surface area (Å²) in [6.45, 7) is 3.96. The van der Waals surface area contributed by atoms with Crippen molar-refractivity contribution in [2.45, 2.75) is 13.8 Å². The number of anilines is 3. The normalized spacial score (nSPS) is 10.6. The van der Waals surface area contributed by atoms with Crippen molar-refractivity contribution in [2.24, 2.45) is 0 Å². The van der Waals surface area contributed by atoms with Crippen molar-refractivity contribution in [1.29, 1.82) is 0 Å². The molecule has 5 nitrogen and oxygen atoms in total. The van der Waals surface area contributed by atoms with Gasteiger partial charge in [-0.1, -0.05) is 42.0 Å². The molecular formula is C23H20N4O. The summed E-state index contributed by atoms with van der Waals surface area (Å²) < 4.78 is 0. The third-order valence-corrected chi connectivity index (χ3v) is 4.59. The van der Waals surface area contributed by atoms with Gasteiger partial charge in [-0.15, -0.1) is 5.10 Å². The van der Waals surface area contributed by atoms with E-state index in [1.165, 1.54) is 0 Å². The van der Waals surface area contributed by atoms with Crippen molar-refractivity contribution in [3.8, 4) is 0 Å². The molecule has 4 aromatic rings. The molecule has 138 valence electrons. The summed E-state index contributed by atoms with van der Waals surface area (Å²) in [5.41, 5.74) is 4.25. The maximum absolute atomic E-state index is 12.4. The van der Waals surface area contributed by atoms with Crippen molar-refractivity contribution < 1.29 is 4.79 Å². The van der Waals surface area contributed by atoms with Crippen molar-refractivity contribution in [3.63, 3.8) is 0 Å². The molecule has 0 saturated carbocycles. The first-order valence-electron chi connectivity index (χ1n) is 9.07. The topological polar surface area (TPSA) is 66.9 Å². The third kappa shape index (κ3) is 3.69. The van der Waals surface area contributed by atoms with E-state index < -0.39 is 0 Å². The number of rotatable bonds is 4. The number of hydrogen-bond acceptors (Lipinski definition) is 4. The lowest BCUT2D eigenvalue weighted by atomic mass is 10.1. The van der Waals surface area contributed by atoms with Crippen LogP contribution in [0.25, 0.3) is 10.8 Å².